The Kier molecular flexibility index (Phi) is 8.73. The summed E-state index contributed by atoms with van der Waals surface area (Å²) in [6.07, 6.45) is 14.7. The van der Waals surface area contributed by atoms with E-state index in [9.17, 15) is 4.39 Å². The van der Waals surface area contributed by atoms with Crippen LogP contribution in [0, 0.1) is 23.2 Å². The van der Waals surface area contributed by atoms with E-state index in [0.717, 1.165) is 18.8 Å². The minimum absolute atomic E-state index is 0.280. The number of halogens is 1. The van der Waals surface area contributed by atoms with E-state index >= 15 is 0 Å². The molecular formula is C23H32FN. The Labute approximate surface area is 152 Å². The van der Waals surface area contributed by atoms with Gasteiger partial charge in [-0.1, -0.05) is 50.5 Å². The molecule has 0 unspecified atom stereocenters. The van der Waals surface area contributed by atoms with Crippen molar-refractivity contribution in [1.29, 1.82) is 5.26 Å². The molecule has 0 bridgehead atoms. The van der Waals surface area contributed by atoms with Crippen LogP contribution >= 0.6 is 0 Å². The van der Waals surface area contributed by atoms with E-state index in [4.69, 9.17) is 5.26 Å². The maximum absolute atomic E-state index is 13.0. The van der Waals surface area contributed by atoms with Gasteiger partial charge >= 0.3 is 0 Å². The molecule has 0 spiro atoms. The number of benzene rings is 1. The SMILES string of the molecule is CCCCc1ccc(CCCCC2CCC(/C=C(/F)C#N)CC2)cc1. The number of rotatable bonds is 9. The second-order valence-corrected chi connectivity index (χ2v) is 7.57. The van der Waals surface area contributed by atoms with Crippen molar-refractivity contribution in [2.45, 2.75) is 77.6 Å². The van der Waals surface area contributed by atoms with Crippen LogP contribution in [0.25, 0.3) is 0 Å². The van der Waals surface area contributed by atoms with E-state index in [1.54, 1.807) is 6.07 Å². The predicted molar refractivity (Wildman–Crippen MR) is 103 cm³/mol. The number of aryl methyl sites for hydroxylation is 2. The molecule has 1 fully saturated rings. The molecule has 2 rings (SSSR count). The molecular weight excluding hydrogens is 309 g/mol. The van der Waals surface area contributed by atoms with E-state index in [2.05, 4.69) is 31.2 Å². The lowest BCUT2D eigenvalue weighted by atomic mass is 9.79. The standard InChI is InChI=1S/C23H32FN/c1-2-3-6-19-9-11-20(12-10-19)7-4-5-8-21-13-15-22(16-14-21)17-23(24)18-25/h9-12,17,21-22H,2-8,13-16H2,1H3/b23-17+. The number of nitriles is 1. The summed E-state index contributed by atoms with van der Waals surface area (Å²) in [5, 5.41) is 8.51. The van der Waals surface area contributed by atoms with Gasteiger partial charge in [0.2, 0.25) is 0 Å². The summed E-state index contributed by atoms with van der Waals surface area (Å²) < 4.78 is 13.0. The molecule has 25 heavy (non-hydrogen) atoms. The first-order chi connectivity index (χ1) is 12.2. The monoisotopic (exact) mass is 341 g/mol. The minimum Gasteiger partial charge on any atom is -0.195 e. The molecule has 0 N–H and O–H groups in total. The van der Waals surface area contributed by atoms with E-state index < -0.39 is 5.83 Å². The maximum atomic E-state index is 13.0. The fraction of sp³-hybridized carbons (Fsp3) is 0.609. The van der Waals surface area contributed by atoms with Gasteiger partial charge < -0.3 is 0 Å². The average Bonchev–Trinajstić information content (AvgIpc) is 2.65. The summed E-state index contributed by atoms with van der Waals surface area (Å²) in [6, 6.07) is 10.8. The summed E-state index contributed by atoms with van der Waals surface area (Å²) in [5.41, 5.74) is 2.92. The van der Waals surface area contributed by atoms with Gasteiger partial charge in [0.25, 0.3) is 0 Å². The first-order valence-corrected chi connectivity index (χ1v) is 10.1. The molecule has 136 valence electrons. The second-order valence-electron chi connectivity index (χ2n) is 7.57. The number of hydrogen-bond donors (Lipinski definition) is 0. The minimum atomic E-state index is -0.607. The lowest BCUT2D eigenvalue weighted by Crippen LogP contribution is -2.13. The number of nitrogens with zero attached hydrogens (tertiary/aromatic N) is 1. The highest BCUT2D eigenvalue weighted by atomic mass is 19.1. The molecule has 0 atom stereocenters. The Morgan fingerprint density at radius 3 is 2.20 bits per heavy atom. The molecule has 1 aliphatic rings. The largest absolute Gasteiger partial charge is 0.196 e. The van der Waals surface area contributed by atoms with Crippen molar-refractivity contribution in [2.75, 3.05) is 0 Å². The summed E-state index contributed by atoms with van der Waals surface area (Å²) in [4.78, 5) is 0. The Morgan fingerprint density at radius 2 is 1.64 bits per heavy atom. The van der Waals surface area contributed by atoms with Gasteiger partial charge in [0.1, 0.15) is 6.07 Å². The fourth-order valence-electron chi connectivity index (χ4n) is 3.90. The Hall–Kier alpha value is -1.62. The van der Waals surface area contributed by atoms with Crippen molar-refractivity contribution >= 4 is 0 Å². The summed E-state index contributed by atoms with van der Waals surface area (Å²) in [6.45, 7) is 2.24. The Morgan fingerprint density at radius 1 is 1.04 bits per heavy atom. The van der Waals surface area contributed by atoms with Crippen LogP contribution in [0.3, 0.4) is 0 Å². The van der Waals surface area contributed by atoms with Crippen molar-refractivity contribution in [3.05, 3.63) is 47.3 Å². The third kappa shape index (κ3) is 7.43. The van der Waals surface area contributed by atoms with Crippen LogP contribution in [0.15, 0.2) is 36.2 Å². The molecule has 1 aromatic carbocycles. The van der Waals surface area contributed by atoms with Crippen LogP contribution in [0.4, 0.5) is 4.39 Å². The van der Waals surface area contributed by atoms with E-state index in [-0.39, 0.29) is 5.92 Å². The zero-order chi connectivity index (χ0) is 17.9. The van der Waals surface area contributed by atoms with Gasteiger partial charge in [-0.25, -0.2) is 0 Å². The first kappa shape index (κ1) is 19.7. The van der Waals surface area contributed by atoms with Crippen LogP contribution in [0.5, 0.6) is 0 Å². The van der Waals surface area contributed by atoms with Crippen LogP contribution in [-0.4, -0.2) is 0 Å². The van der Waals surface area contributed by atoms with Crippen molar-refractivity contribution in [2.24, 2.45) is 11.8 Å². The molecule has 1 saturated carbocycles. The van der Waals surface area contributed by atoms with Gasteiger partial charge in [-0.05, 0) is 80.4 Å². The van der Waals surface area contributed by atoms with Crippen molar-refractivity contribution in [3.63, 3.8) is 0 Å². The van der Waals surface area contributed by atoms with E-state index in [1.807, 2.05) is 0 Å². The molecule has 1 aliphatic carbocycles. The van der Waals surface area contributed by atoms with Gasteiger partial charge in [-0.3, -0.25) is 0 Å². The summed E-state index contributed by atoms with van der Waals surface area (Å²) in [7, 11) is 0. The first-order valence-electron chi connectivity index (χ1n) is 10.1. The van der Waals surface area contributed by atoms with Gasteiger partial charge in [-0.15, -0.1) is 0 Å². The van der Waals surface area contributed by atoms with Gasteiger partial charge in [0.15, 0.2) is 5.83 Å². The third-order valence-corrected chi connectivity index (χ3v) is 5.55. The highest BCUT2D eigenvalue weighted by Gasteiger charge is 2.20. The Balaban J connectivity index is 1.60. The zero-order valence-corrected chi connectivity index (χ0v) is 15.6. The number of unbranched alkanes of at least 4 members (excludes halogenated alkanes) is 2. The highest BCUT2D eigenvalue weighted by Crippen LogP contribution is 2.33. The lowest BCUT2D eigenvalue weighted by molar-refractivity contribution is 0.288. The molecule has 0 saturated heterocycles. The lowest BCUT2D eigenvalue weighted by Gasteiger charge is -2.26. The smallest absolute Gasteiger partial charge is 0.195 e. The molecule has 0 aliphatic heterocycles. The van der Waals surface area contributed by atoms with Crippen LogP contribution in [0.2, 0.25) is 0 Å². The van der Waals surface area contributed by atoms with E-state index in [1.165, 1.54) is 75.0 Å². The normalized spacial score (nSPS) is 21.1. The predicted octanol–water partition coefficient (Wildman–Crippen LogP) is 6.93. The Bertz CT molecular complexity index is 559. The molecule has 0 radical (unpaired) electrons. The molecule has 1 nitrogen and oxygen atoms in total. The topological polar surface area (TPSA) is 23.8 Å². The van der Waals surface area contributed by atoms with Crippen molar-refractivity contribution in [1.82, 2.24) is 0 Å². The fourth-order valence-corrected chi connectivity index (χ4v) is 3.90. The second kappa shape index (κ2) is 11.1. The van der Waals surface area contributed by atoms with Gasteiger partial charge in [-0.2, -0.15) is 9.65 Å². The van der Waals surface area contributed by atoms with Gasteiger partial charge in [0, 0.05) is 0 Å². The van der Waals surface area contributed by atoms with Crippen LogP contribution in [0.1, 0.15) is 75.8 Å². The van der Waals surface area contributed by atoms with Crippen LogP contribution in [-0.2, 0) is 12.8 Å². The molecule has 0 amide bonds. The molecule has 1 aromatic rings. The molecule has 2 heteroatoms. The summed E-state index contributed by atoms with van der Waals surface area (Å²) in [5.74, 6) is 0.470. The quantitative estimate of drug-likeness (QED) is 0.353. The van der Waals surface area contributed by atoms with Crippen LogP contribution < -0.4 is 0 Å². The maximum Gasteiger partial charge on any atom is 0.196 e. The van der Waals surface area contributed by atoms with Crippen molar-refractivity contribution < 1.29 is 4.39 Å². The van der Waals surface area contributed by atoms with E-state index in [0.29, 0.717) is 0 Å². The highest BCUT2D eigenvalue weighted by molar-refractivity contribution is 5.22. The average molecular weight is 342 g/mol. The number of hydrogen-bond acceptors (Lipinski definition) is 1. The van der Waals surface area contributed by atoms with Gasteiger partial charge in [0.05, 0.1) is 0 Å². The molecule has 0 heterocycles. The van der Waals surface area contributed by atoms with Crippen molar-refractivity contribution in [3.8, 4) is 6.07 Å². The number of allylic oxidation sites excluding steroid dienone is 2. The zero-order valence-electron chi connectivity index (χ0n) is 15.6. The summed E-state index contributed by atoms with van der Waals surface area (Å²) >= 11 is 0. The molecule has 0 aromatic heterocycles. The third-order valence-electron chi connectivity index (χ3n) is 5.55.